The van der Waals surface area contributed by atoms with Crippen LogP contribution in [-0.2, 0) is 21.7 Å². The van der Waals surface area contributed by atoms with Crippen molar-refractivity contribution in [1.29, 1.82) is 0 Å². The van der Waals surface area contributed by atoms with Gasteiger partial charge in [0.15, 0.2) is 5.79 Å². The van der Waals surface area contributed by atoms with E-state index in [0.717, 1.165) is 12.0 Å². The molecule has 0 saturated carbocycles. The van der Waals surface area contributed by atoms with Crippen LogP contribution in [0.5, 0.6) is 0 Å². The fourth-order valence-electron chi connectivity index (χ4n) is 1.71. The van der Waals surface area contributed by atoms with Crippen LogP contribution in [0.2, 0.25) is 0 Å². The third-order valence-corrected chi connectivity index (χ3v) is 2.49. The van der Waals surface area contributed by atoms with Gasteiger partial charge in [-0.25, -0.2) is 0 Å². The van der Waals surface area contributed by atoms with Crippen LogP contribution < -0.4 is 0 Å². The smallest absolute Gasteiger partial charge is 0.198 e. The van der Waals surface area contributed by atoms with Gasteiger partial charge in [0.05, 0.1) is 0 Å². The molecule has 2 heteroatoms. The predicted octanol–water partition coefficient (Wildman–Crippen LogP) is 1.69. The van der Waals surface area contributed by atoms with Gasteiger partial charge in [0.25, 0.3) is 0 Å². The summed E-state index contributed by atoms with van der Waals surface area (Å²) in [5.41, 5.74) is 2.36. The molecule has 0 heterocycles. The summed E-state index contributed by atoms with van der Waals surface area (Å²) in [5, 5.41) is 0. The van der Waals surface area contributed by atoms with Crippen LogP contribution in [0.25, 0.3) is 0 Å². The van der Waals surface area contributed by atoms with Crippen molar-refractivity contribution < 1.29 is 9.47 Å². The Morgan fingerprint density at radius 1 is 1.08 bits per heavy atom. The van der Waals surface area contributed by atoms with E-state index >= 15 is 0 Å². The second kappa shape index (κ2) is 2.57. The van der Waals surface area contributed by atoms with E-state index in [-0.39, 0.29) is 0 Å². The largest absolute Gasteiger partial charge is 0.349 e. The number of fused-ring (bicyclic) bond motifs is 3. The summed E-state index contributed by atoms with van der Waals surface area (Å²) in [5.74, 6) is -0.515. The van der Waals surface area contributed by atoms with E-state index in [1.807, 2.05) is 12.1 Å². The van der Waals surface area contributed by atoms with E-state index < -0.39 is 5.79 Å². The fraction of sp³-hybridized carbons (Fsp3) is 0.400. The topological polar surface area (TPSA) is 18.5 Å². The maximum atomic E-state index is 5.38. The second-order valence-corrected chi connectivity index (χ2v) is 3.03. The molecule has 0 fully saturated rings. The average Bonchev–Trinajstić information content (AvgIpc) is 2.19. The zero-order valence-corrected chi connectivity index (χ0v) is 7.33. The van der Waals surface area contributed by atoms with Crippen LogP contribution in [0.1, 0.15) is 11.1 Å². The van der Waals surface area contributed by atoms with Gasteiger partial charge in [-0.15, -0.1) is 0 Å². The van der Waals surface area contributed by atoms with Crippen molar-refractivity contribution in [2.24, 2.45) is 0 Å². The summed E-state index contributed by atoms with van der Waals surface area (Å²) in [4.78, 5) is 0. The molecule has 2 nitrogen and oxygen atoms in total. The zero-order valence-electron chi connectivity index (χ0n) is 7.33. The Bertz CT molecular complexity index is 272. The van der Waals surface area contributed by atoms with Gasteiger partial charge in [-0.05, 0) is 5.56 Å². The molecule has 1 aromatic carbocycles. The molecule has 0 aromatic heterocycles. The van der Waals surface area contributed by atoms with Gasteiger partial charge in [-0.2, -0.15) is 0 Å². The van der Waals surface area contributed by atoms with Crippen LogP contribution in [0.15, 0.2) is 24.3 Å². The average molecular weight is 164 g/mol. The standard InChI is InChI=1S/C10H12O2/c1-11-10(12-2)7-8-3-5-9(10)6-4-8/h3-6H,7H2,1-2H3. The van der Waals surface area contributed by atoms with Crippen LogP contribution in [0.4, 0.5) is 0 Å². The number of hydrogen-bond donors (Lipinski definition) is 0. The quantitative estimate of drug-likeness (QED) is 0.619. The number of rotatable bonds is 2. The van der Waals surface area contributed by atoms with Gasteiger partial charge in [0, 0.05) is 26.2 Å². The molecule has 0 saturated heterocycles. The summed E-state index contributed by atoms with van der Waals surface area (Å²) in [6.45, 7) is 0. The van der Waals surface area contributed by atoms with Crippen LogP contribution in [-0.4, -0.2) is 14.2 Å². The van der Waals surface area contributed by atoms with Crippen molar-refractivity contribution in [3.8, 4) is 0 Å². The van der Waals surface area contributed by atoms with Gasteiger partial charge in [0.1, 0.15) is 0 Å². The third-order valence-electron chi connectivity index (χ3n) is 2.49. The summed E-state index contributed by atoms with van der Waals surface area (Å²) in [7, 11) is 3.36. The maximum absolute atomic E-state index is 5.38. The van der Waals surface area contributed by atoms with Gasteiger partial charge in [-0.3, -0.25) is 0 Å². The Kier molecular flexibility index (Phi) is 1.67. The molecule has 0 N–H and O–H groups in total. The molecule has 0 atom stereocenters. The lowest BCUT2D eigenvalue weighted by molar-refractivity contribution is -0.216. The van der Waals surface area contributed by atoms with Gasteiger partial charge >= 0.3 is 0 Å². The Morgan fingerprint density at radius 3 is 1.92 bits per heavy atom. The Labute approximate surface area is 72.1 Å². The molecule has 0 amide bonds. The number of ether oxygens (including phenoxy) is 2. The van der Waals surface area contributed by atoms with Crippen molar-refractivity contribution in [2.75, 3.05) is 14.2 Å². The van der Waals surface area contributed by atoms with Gasteiger partial charge < -0.3 is 9.47 Å². The molecule has 0 unspecified atom stereocenters. The fourth-order valence-corrected chi connectivity index (χ4v) is 1.71. The lowest BCUT2D eigenvalue weighted by atomic mass is 9.90. The molecule has 2 bridgehead atoms. The first-order valence-electron chi connectivity index (χ1n) is 4.00. The highest BCUT2D eigenvalue weighted by molar-refractivity contribution is 5.33. The highest BCUT2D eigenvalue weighted by atomic mass is 16.7. The lowest BCUT2D eigenvalue weighted by Crippen LogP contribution is -2.35. The molecule has 1 aromatic rings. The molecular weight excluding hydrogens is 152 g/mol. The molecule has 0 aliphatic heterocycles. The molecule has 3 rings (SSSR count). The van der Waals surface area contributed by atoms with Crippen LogP contribution >= 0.6 is 0 Å². The van der Waals surface area contributed by atoms with Crippen molar-refractivity contribution in [1.82, 2.24) is 0 Å². The normalized spacial score (nSPS) is 18.2. The van der Waals surface area contributed by atoms with Gasteiger partial charge in [-0.1, -0.05) is 24.3 Å². The minimum atomic E-state index is -0.515. The minimum Gasteiger partial charge on any atom is -0.349 e. The number of benzene rings is 1. The van der Waals surface area contributed by atoms with Crippen molar-refractivity contribution in [2.45, 2.75) is 12.2 Å². The van der Waals surface area contributed by atoms with E-state index in [9.17, 15) is 0 Å². The highest BCUT2D eigenvalue weighted by Gasteiger charge is 2.35. The predicted molar refractivity (Wildman–Crippen MR) is 45.8 cm³/mol. The van der Waals surface area contributed by atoms with Crippen molar-refractivity contribution in [3.63, 3.8) is 0 Å². The van der Waals surface area contributed by atoms with E-state index in [1.165, 1.54) is 5.56 Å². The summed E-state index contributed by atoms with van der Waals surface area (Å²) in [6.07, 6.45) is 0.822. The van der Waals surface area contributed by atoms with Gasteiger partial charge in [0.2, 0.25) is 0 Å². The Morgan fingerprint density at radius 2 is 1.67 bits per heavy atom. The van der Waals surface area contributed by atoms with Crippen molar-refractivity contribution >= 4 is 0 Å². The molecule has 64 valence electrons. The van der Waals surface area contributed by atoms with Crippen molar-refractivity contribution in [3.05, 3.63) is 35.4 Å². The first-order chi connectivity index (χ1) is 5.80. The molecule has 2 aliphatic carbocycles. The van der Waals surface area contributed by atoms with E-state index in [0.29, 0.717) is 0 Å². The maximum Gasteiger partial charge on any atom is 0.198 e. The molecule has 2 aliphatic rings. The summed E-state index contributed by atoms with van der Waals surface area (Å²) >= 11 is 0. The van der Waals surface area contributed by atoms with E-state index in [4.69, 9.17) is 9.47 Å². The Balaban J connectivity index is 2.47. The third kappa shape index (κ3) is 0.886. The van der Waals surface area contributed by atoms with E-state index in [2.05, 4.69) is 12.1 Å². The SMILES string of the molecule is COC1(OC)Cc2ccc1cc2. The lowest BCUT2D eigenvalue weighted by Gasteiger charge is -2.35. The summed E-state index contributed by atoms with van der Waals surface area (Å²) in [6, 6.07) is 8.30. The van der Waals surface area contributed by atoms with Crippen LogP contribution in [0.3, 0.4) is 0 Å². The second-order valence-electron chi connectivity index (χ2n) is 3.03. The number of methoxy groups -OCH3 is 2. The van der Waals surface area contributed by atoms with E-state index in [1.54, 1.807) is 14.2 Å². The highest BCUT2D eigenvalue weighted by Crippen LogP contribution is 2.34. The molecular formula is C10H12O2. The zero-order chi connectivity index (χ0) is 8.60. The monoisotopic (exact) mass is 164 g/mol. The molecule has 12 heavy (non-hydrogen) atoms. The first-order valence-corrected chi connectivity index (χ1v) is 4.00. The number of hydrogen-bond acceptors (Lipinski definition) is 2. The van der Waals surface area contributed by atoms with Crippen LogP contribution in [0, 0.1) is 0 Å². The minimum absolute atomic E-state index is 0.515. The molecule has 0 radical (unpaired) electrons. The Hall–Kier alpha value is -0.860. The first kappa shape index (κ1) is 7.77. The summed E-state index contributed by atoms with van der Waals surface area (Å²) < 4.78 is 10.8. The molecule has 0 spiro atoms.